The van der Waals surface area contributed by atoms with E-state index in [-0.39, 0.29) is 6.42 Å². The average Bonchev–Trinajstić information content (AvgIpc) is 2.68. The summed E-state index contributed by atoms with van der Waals surface area (Å²) in [6.07, 6.45) is 2.67. The van der Waals surface area contributed by atoms with Crippen LogP contribution in [0.4, 0.5) is 11.4 Å². The van der Waals surface area contributed by atoms with Gasteiger partial charge in [-0.25, -0.2) is 10.9 Å². The van der Waals surface area contributed by atoms with E-state index in [0.717, 1.165) is 22.5 Å². The van der Waals surface area contributed by atoms with Crippen LogP contribution in [0.15, 0.2) is 58.7 Å². The third-order valence-corrected chi connectivity index (χ3v) is 3.95. The van der Waals surface area contributed by atoms with Gasteiger partial charge < -0.3 is 9.80 Å². The third kappa shape index (κ3) is 7.45. The highest BCUT2D eigenvalue weighted by Crippen LogP contribution is 2.11. The quantitative estimate of drug-likeness (QED) is 0.406. The van der Waals surface area contributed by atoms with Crippen LogP contribution in [0.2, 0.25) is 0 Å². The minimum absolute atomic E-state index is 0.367. The van der Waals surface area contributed by atoms with Crippen LogP contribution in [0.1, 0.15) is 17.5 Å². The van der Waals surface area contributed by atoms with Crippen molar-refractivity contribution in [2.45, 2.75) is 6.42 Å². The van der Waals surface area contributed by atoms with Gasteiger partial charge in [0.05, 0.1) is 12.4 Å². The van der Waals surface area contributed by atoms with E-state index in [9.17, 15) is 9.59 Å². The standard InChI is InChI=1S/C21H26N6O2/c1-26(2)18-9-5-16(6-10-18)14-22-24-20(28)13-21(29)25-23-15-17-7-11-19(12-8-17)27(3)4/h5-12,14-15H,13H2,1-4H3,(H,24,28)(H,25,29)/b22-14-,23-15-. The van der Waals surface area contributed by atoms with Crippen molar-refractivity contribution in [3.8, 4) is 0 Å². The second-order valence-electron chi connectivity index (χ2n) is 6.74. The zero-order chi connectivity index (χ0) is 21.2. The SMILES string of the molecule is CN(C)c1ccc(/C=N\NC(=O)CC(=O)N/N=C\c2ccc(N(C)C)cc2)cc1. The van der Waals surface area contributed by atoms with E-state index in [0.29, 0.717) is 0 Å². The van der Waals surface area contributed by atoms with Crippen LogP contribution >= 0.6 is 0 Å². The molecular weight excluding hydrogens is 368 g/mol. The van der Waals surface area contributed by atoms with Gasteiger partial charge in [0.1, 0.15) is 6.42 Å². The number of carbonyl (C=O) groups excluding carboxylic acids is 2. The molecule has 0 aliphatic rings. The lowest BCUT2D eigenvalue weighted by atomic mass is 10.2. The van der Waals surface area contributed by atoms with Crippen LogP contribution in [0.25, 0.3) is 0 Å². The van der Waals surface area contributed by atoms with Gasteiger partial charge in [-0.3, -0.25) is 9.59 Å². The van der Waals surface area contributed by atoms with Gasteiger partial charge in [-0.05, 0) is 35.4 Å². The fraction of sp³-hybridized carbons (Fsp3) is 0.238. The molecule has 2 rings (SSSR count). The molecule has 0 heterocycles. The zero-order valence-electron chi connectivity index (χ0n) is 17.1. The van der Waals surface area contributed by atoms with Crippen molar-refractivity contribution in [2.24, 2.45) is 10.2 Å². The first kappa shape index (κ1) is 21.6. The van der Waals surface area contributed by atoms with Crippen LogP contribution < -0.4 is 20.7 Å². The van der Waals surface area contributed by atoms with Crippen molar-refractivity contribution in [3.05, 3.63) is 59.7 Å². The molecule has 29 heavy (non-hydrogen) atoms. The molecule has 0 aliphatic heterocycles. The number of anilines is 2. The predicted octanol–water partition coefficient (Wildman–Crippen LogP) is 1.81. The molecule has 0 fully saturated rings. The van der Waals surface area contributed by atoms with E-state index < -0.39 is 11.8 Å². The van der Waals surface area contributed by atoms with Gasteiger partial charge in [-0.2, -0.15) is 10.2 Å². The molecule has 152 valence electrons. The highest BCUT2D eigenvalue weighted by atomic mass is 16.2. The lowest BCUT2D eigenvalue weighted by Crippen LogP contribution is -2.27. The molecule has 8 heteroatoms. The van der Waals surface area contributed by atoms with Gasteiger partial charge in [0.2, 0.25) is 11.8 Å². The van der Waals surface area contributed by atoms with E-state index in [1.54, 1.807) is 0 Å². The molecule has 0 spiro atoms. The molecule has 0 radical (unpaired) electrons. The van der Waals surface area contributed by atoms with Gasteiger partial charge in [-0.1, -0.05) is 24.3 Å². The summed E-state index contributed by atoms with van der Waals surface area (Å²) in [5.74, 6) is -1.04. The number of hydrogen-bond acceptors (Lipinski definition) is 6. The summed E-state index contributed by atoms with van der Waals surface area (Å²) < 4.78 is 0. The smallest absolute Gasteiger partial charge is 0.249 e. The predicted molar refractivity (Wildman–Crippen MR) is 118 cm³/mol. The Morgan fingerprint density at radius 1 is 0.724 bits per heavy atom. The molecule has 0 saturated carbocycles. The number of hydrogen-bond donors (Lipinski definition) is 2. The Morgan fingerprint density at radius 3 is 1.38 bits per heavy atom. The van der Waals surface area contributed by atoms with Gasteiger partial charge >= 0.3 is 0 Å². The minimum atomic E-state index is -0.519. The van der Waals surface area contributed by atoms with E-state index in [2.05, 4.69) is 21.1 Å². The number of carbonyl (C=O) groups is 2. The number of nitrogens with one attached hydrogen (secondary N) is 2. The van der Waals surface area contributed by atoms with Crippen LogP contribution in [0, 0.1) is 0 Å². The molecule has 2 aromatic carbocycles. The summed E-state index contributed by atoms with van der Waals surface area (Å²) in [4.78, 5) is 27.5. The highest BCUT2D eigenvalue weighted by Gasteiger charge is 2.07. The summed E-state index contributed by atoms with van der Waals surface area (Å²) in [5, 5.41) is 7.72. The lowest BCUT2D eigenvalue weighted by Gasteiger charge is -2.11. The Bertz CT molecular complexity index is 798. The molecule has 0 atom stereocenters. The lowest BCUT2D eigenvalue weighted by molar-refractivity contribution is -0.129. The largest absolute Gasteiger partial charge is 0.378 e. The van der Waals surface area contributed by atoms with Gasteiger partial charge in [0, 0.05) is 39.6 Å². The Kier molecular flexibility index (Phi) is 7.90. The Morgan fingerprint density at radius 2 is 1.07 bits per heavy atom. The first-order chi connectivity index (χ1) is 13.8. The zero-order valence-corrected chi connectivity index (χ0v) is 17.1. The fourth-order valence-electron chi connectivity index (χ4n) is 2.30. The number of hydrazone groups is 2. The number of benzene rings is 2. The summed E-state index contributed by atoms with van der Waals surface area (Å²) in [6.45, 7) is 0. The van der Waals surface area contributed by atoms with E-state index >= 15 is 0 Å². The maximum atomic E-state index is 11.8. The molecule has 0 aromatic heterocycles. The molecule has 0 aliphatic carbocycles. The van der Waals surface area contributed by atoms with Gasteiger partial charge in [0.15, 0.2) is 0 Å². The molecule has 2 N–H and O–H groups in total. The second kappa shape index (κ2) is 10.6. The third-order valence-electron chi connectivity index (χ3n) is 3.95. The Labute approximate surface area is 170 Å². The van der Waals surface area contributed by atoms with E-state index in [1.807, 2.05) is 86.5 Å². The van der Waals surface area contributed by atoms with Crippen molar-refractivity contribution in [3.63, 3.8) is 0 Å². The van der Waals surface area contributed by atoms with Gasteiger partial charge in [0.25, 0.3) is 0 Å². The van der Waals surface area contributed by atoms with Crippen molar-refractivity contribution >= 4 is 35.6 Å². The summed E-state index contributed by atoms with van der Waals surface area (Å²) >= 11 is 0. The number of nitrogens with zero attached hydrogens (tertiary/aromatic N) is 4. The molecule has 2 aromatic rings. The van der Waals surface area contributed by atoms with Crippen LogP contribution in [-0.4, -0.2) is 52.4 Å². The molecule has 8 nitrogen and oxygen atoms in total. The van der Waals surface area contributed by atoms with Crippen molar-refractivity contribution in [1.82, 2.24) is 10.9 Å². The minimum Gasteiger partial charge on any atom is -0.378 e. The van der Waals surface area contributed by atoms with Crippen LogP contribution in [0.3, 0.4) is 0 Å². The second-order valence-corrected chi connectivity index (χ2v) is 6.74. The van der Waals surface area contributed by atoms with Crippen LogP contribution in [-0.2, 0) is 9.59 Å². The topological polar surface area (TPSA) is 89.4 Å². The maximum absolute atomic E-state index is 11.8. The molecule has 0 saturated heterocycles. The van der Waals surface area contributed by atoms with Gasteiger partial charge in [-0.15, -0.1) is 0 Å². The van der Waals surface area contributed by atoms with E-state index in [1.165, 1.54) is 12.4 Å². The number of amides is 2. The first-order valence-corrected chi connectivity index (χ1v) is 9.04. The van der Waals surface area contributed by atoms with Crippen molar-refractivity contribution in [2.75, 3.05) is 38.0 Å². The average molecular weight is 394 g/mol. The van der Waals surface area contributed by atoms with Crippen molar-refractivity contribution in [1.29, 1.82) is 0 Å². The molecule has 0 bridgehead atoms. The Balaban J connectivity index is 1.74. The first-order valence-electron chi connectivity index (χ1n) is 9.04. The monoisotopic (exact) mass is 394 g/mol. The van der Waals surface area contributed by atoms with Crippen molar-refractivity contribution < 1.29 is 9.59 Å². The fourth-order valence-corrected chi connectivity index (χ4v) is 2.30. The number of rotatable bonds is 8. The summed E-state index contributed by atoms with van der Waals surface area (Å²) in [5.41, 5.74) is 8.46. The molecular formula is C21H26N6O2. The van der Waals surface area contributed by atoms with Crippen LogP contribution in [0.5, 0.6) is 0 Å². The Hall–Kier alpha value is -3.68. The summed E-state index contributed by atoms with van der Waals surface area (Å²) in [7, 11) is 7.83. The normalized spacial score (nSPS) is 10.9. The highest BCUT2D eigenvalue weighted by molar-refractivity contribution is 5.97. The maximum Gasteiger partial charge on any atom is 0.249 e. The summed E-state index contributed by atoms with van der Waals surface area (Å²) in [6, 6.07) is 15.3. The molecule has 0 unspecified atom stereocenters. The van der Waals surface area contributed by atoms with E-state index in [4.69, 9.17) is 0 Å². The molecule has 2 amide bonds.